The highest BCUT2D eigenvalue weighted by atomic mass is 35.5. The van der Waals surface area contributed by atoms with Gasteiger partial charge < -0.3 is 0 Å². The average Bonchev–Trinajstić information content (AvgIpc) is 3.34. The first-order chi connectivity index (χ1) is 13.6. The summed E-state index contributed by atoms with van der Waals surface area (Å²) in [6, 6.07) is 11.5. The Bertz CT molecular complexity index is 1140. The predicted octanol–water partition coefficient (Wildman–Crippen LogP) is 5.96. The number of thiazole rings is 1. The summed E-state index contributed by atoms with van der Waals surface area (Å²) in [5, 5.41) is 3.31. The van der Waals surface area contributed by atoms with Crippen LogP contribution in [0.15, 0.2) is 60.2 Å². The first-order valence-corrected chi connectivity index (χ1v) is 10.7. The van der Waals surface area contributed by atoms with Gasteiger partial charge in [0.2, 0.25) is 0 Å². The Balaban J connectivity index is 1.72. The molecule has 0 radical (unpaired) electrons. The van der Waals surface area contributed by atoms with Gasteiger partial charge in [-0.25, -0.2) is 4.98 Å². The first kappa shape index (κ1) is 18.8. The van der Waals surface area contributed by atoms with Gasteiger partial charge in [0, 0.05) is 28.4 Å². The molecule has 4 rings (SSSR count). The summed E-state index contributed by atoms with van der Waals surface area (Å²) in [5.74, 6) is -0.118. The van der Waals surface area contributed by atoms with Gasteiger partial charge in [-0.3, -0.25) is 14.7 Å². The third kappa shape index (κ3) is 4.14. The third-order valence-corrected chi connectivity index (χ3v) is 6.24. The van der Waals surface area contributed by atoms with E-state index in [4.69, 9.17) is 16.6 Å². The Labute approximate surface area is 175 Å². The van der Waals surface area contributed by atoms with Gasteiger partial charge in [0.15, 0.2) is 5.13 Å². The molecule has 0 spiro atoms. The molecule has 0 atom stereocenters. The van der Waals surface area contributed by atoms with Crippen LogP contribution in [0.25, 0.3) is 16.3 Å². The van der Waals surface area contributed by atoms with Gasteiger partial charge >= 0.3 is 0 Å². The van der Waals surface area contributed by atoms with Crippen molar-refractivity contribution in [3.63, 3.8) is 0 Å². The van der Waals surface area contributed by atoms with E-state index in [0.717, 1.165) is 26.2 Å². The summed E-state index contributed by atoms with van der Waals surface area (Å²) < 4.78 is 0.967. The standard InChI is InChI=1S/C21H16ClN3OS2/c1-14-11-16(22)12-18-20(14)24-21(28-18)25(13-15-6-8-23-9-7-15)19(26)5-4-17-3-2-10-27-17/h2-12H,13H2,1H3/b5-4+. The Hall–Kier alpha value is -2.54. The maximum atomic E-state index is 13.0. The zero-order valence-electron chi connectivity index (χ0n) is 15.0. The molecule has 0 aliphatic rings. The third-order valence-electron chi connectivity index (χ3n) is 4.16. The van der Waals surface area contributed by atoms with E-state index in [1.165, 1.54) is 11.3 Å². The molecular formula is C21H16ClN3OS2. The van der Waals surface area contributed by atoms with E-state index in [0.29, 0.717) is 16.7 Å². The van der Waals surface area contributed by atoms with Crippen LogP contribution in [0.1, 0.15) is 16.0 Å². The molecule has 0 aliphatic carbocycles. The molecule has 1 amide bonds. The van der Waals surface area contributed by atoms with Crippen LogP contribution in [0.3, 0.4) is 0 Å². The van der Waals surface area contributed by atoms with Crippen LogP contribution >= 0.6 is 34.3 Å². The molecule has 1 aromatic carbocycles. The fourth-order valence-corrected chi connectivity index (χ4v) is 4.84. The molecule has 0 bridgehead atoms. The monoisotopic (exact) mass is 425 g/mol. The van der Waals surface area contributed by atoms with E-state index in [9.17, 15) is 4.79 Å². The van der Waals surface area contributed by atoms with Gasteiger partial charge in [-0.1, -0.05) is 29.0 Å². The van der Waals surface area contributed by atoms with Crippen LogP contribution in [0.2, 0.25) is 5.02 Å². The Kier molecular flexibility index (Phi) is 5.52. The quantitative estimate of drug-likeness (QED) is 0.370. The lowest BCUT2D eigenvalue weighted by Crippen LogP contribution is -2.28. The fourth-order valence-electron chi connectivity index (χ4n) is 2.80. The number of carbonyl (C=O) groups is 1. The smallest absolute Gasteiger partial charge is 0.253 e. The summed E-state index contributed by atoms with van der Waals surface area (Å²) in [5.41, 5.74) is 2.86. The highest BCUT2D eigenvalue weighted by Gasteiger charge is 2.19. The summed E-state index contributed by atoms with van der Waals surface area (Å²) in [6.45, 7) is 2.40. The minimum Gasteiger partial charge on any atom is -0.280 e. The van der Waals surface area contributed by atoms with E-state index in [1.807, 2.05) is 54.8 Å². The van der Waals surface area contributed by atoms with Crippen LogP contribution in [0, 0.1) is 6.92 Å². The lowest BCUT2D eigenvalue weighted by atomic mass is 10.2. The number of hydrogen-bond acceptors (Lipinski definition) is 5. The number of hydrogen-bond donors (Lipinski definition) is 0. The normalized spacial score (nSPS) is 11.4. The summed E-state index contributed by atoms with van der Waals surface area (Å²) in [4.78, 5) is 24.6. The molecular weight excluding hydrogens is 410 g/mol. The van der Waals surface area contributed by atoms with Crippen molar-refractivity contribution in [1.29, 1.82) is 0 Å². The number of thiophene rings is 1. The van der Waals surface area contributed by atoms with Gasteiger partial charge in [0.25, 0.3) is 5.91 Å². The molecule has 0 saturated heterocycles. The van der Waals surface area contributed by atoms with Crippen molar-refractivity contribution in [3.8, 4) is 0 Å². The van der Waals surface area contributed by atoms with Crippen molar-refractivity contribution in [2.75, 3.05) is 4.90 Å². The Morgan fingerprint density at radius 3 is 2.82 bits per heavy atom. The maximum absolute atomic E-state index is 13.0. The van der Waals surface area contributed by atoms with E-state index in [2.05, 4.69) is 4.98 Å². The summed E-state index contributed by atoms with van der Waals surface area (Å²) in [6.07, 6.45) is 6.88. The topological polar surface area (TPSA) is 46.1 Å². The molecule has 0 unspecified atom stereocenters. The van der Waals surface area contributed by atoms with Gasteiger partial charge in [0.1, 0.15) is 0 Å². The number of pyridine rings is 1. The number of carbonyl (C=O) groups excluding carboxylic acids is 1. The van der Waals surface area contributed by atoms with Crippen LogP contribution in [0.5, 0.6) is 0 Å². The van der Waals surface area contributed by atoms with E-state index < -0.39 is 0 Å². The molecule has 4 nitrogen and oxygen atoms in total. The number of aromatic nitrogens is 2. The molecule has 0 fully saturated rings. The lowest BCUT2D eigenvalue weighted by molar-refractivity contribution is -0.114. The van der Waals surface area contributed by atoms with Crippen molar-refractivity contribution in [2.45, 2.75) is 13.5 Å². The lowest BCUT2D eigenvalue weighted by Gasteiger charge is -2.18. The molecule has 3 heterocycles. The van der Waals surface area contributed by atoms with Gasteiger partial charge in [-0.15, -0.1) is 11.3 Å². The van der Waals surface area contributed by atoms with E-state index >= 15 is 0 Å². The number of amides is 1. The van der Waals surface area contributed by atoms with Crippen LogP contribution < -0.4 is 4.90 Å². The first-order valence-electron chi connectivity index (χ1n) is 8.59. The van der Waals surface area contributed by atoms with Crippen molar-refractivity contribution in [2.24, 2.45) is 0 Å². The minimum atomic E-state index is -0.118. The van der Waals surface area contributed by atoms with Gasteiger partial charge in [-0.05, 0) is 59.8 Å². The number of fused-ring (bicyclic) bond motifs is 1. The molecule has 4 aromatic rings. The van der Waals surface area contributed by atoms with Crippen molar-refractivity contribution in [3.05, 3.63) is 81.3 Å². The summed E-state index contributed by atoms with van der Waals surface area (Å²) >= 11 is 9.25. The number of aryl methyl sites for hydroxylation is 1. The largest absolute Gasteiger partial charge is 0.280 e. The number of rotatable bonds is 5. The molecule has 0 N–H and O–H groups in total. The van der Waals surface area contributed by atoms with Crippen molar-refractivity contribution < 1.29 is 4.79 Å². The highest BCUT2D eigenvalue weighted by Crippen LogP contribution is 2.33. The Morgan fingerprint density at radius 1 is 1.25 bits per heavy atom. The molecule has 3 aromatic heterocycles. The second kappa shape index (κ2) is 8.22. The molecule has 7 heteroatoms. The number of anilines is 1. The predicted molar refractivity (Wildman–Crippen MR) is 118 cm³/mol. The van der Waals surface area contributed by atoms with Crippen molar-refractivity contribution >= 4 is 61.6 Å². The van der Waals surface area contributed by atoms with Crippen LogP contribution in [-0.2, 0) is 11.3 Å². The molecule has 0 saturated carbocycles. The fraction of sp³-hybridized carbons (Fsp3) is 0.0952. The number of halogens is 1. The minimum absolute atomic E-state index is 0.118. The second-order valence-electron chi connectivity index (χ2n) is 6.19. The zero-order chi connectivity index (χ0) is 19.5. The highest BCUT2D eigenvalue weighted by molar-refractivity contribution is 7.22. The SMILES string of the molecule is Cc1cc(Cl)cc2sc(N(Cc3ccncc3)C(=O)/C=C/c3cccs3)nc12. The average molecular weight is 426 g/mol. The van der Waals surface area contributed by atoms with Gasteiger partial charge in [0.05, 0.1) is 16.8 Å². The summed E-state index contributed by atoms with van der Waals surface area (Å²) in [7, 11) is 0. The molecule has 28 heavy (non-hydrogen) atoms. The molecule has 0 aliphatic heterocycles. The van der Waals surface area contributed by atoms with Crippen LogP contribution in [0.4, 0.5) is 5.13 Å². The second-order valence-corrected chi connectivity index (χ2v) is 8.62. The van der Waals surface area contributed by atoms with Gasteiger partial charge in [-0.2, -0.15) is 0 Å². The van der Waals surface area contributed by atoms with E-state index in [1.54, 1.807) is 34.7 Å². The molecule has 140 valence electrons. The Morgan fingerprint density at radius 2 is 2.07 bits per heavy atom. The maximum Gasteiger partial charge on any atom is 0.253 e. The van der Waals surface area contributed by atoms with E-state index in [-0.39, 0.29) is 5.91 Å². The van der Waals surface area contributed by atoms with Crippen molar-refractivity contribution in [1.82, 2.24) is 9.97 Å². The number of benzene rings is 1. The zero-order valence-corrected chi connectivity index (χ0v) is 17.4. The number of nitrogens with zero attached hydrogens (tertiary/aromatic N) is 3. The van der Waals surface area contributed by atoms with Crippen LogP contribution in [-0.4, -0.2) is 15.9 Å².